The molecule has 70 valence electrons. The van der Waals surface area contributed by atoms with E-state index in [1.807, 2.05) is 6.92 Å². The number of imide groups is 1. The minimum atomic E-state index is -0.194. The zero-order valence-electron chi connectivity index (χ0n) is 7.56. The Bertz CT molecular complexity index is 255. The Kier molecular flexibility index (Phi) is 3.38. The summed E-state index contributed by atoms with van der Waals surface area (Å²) in [6, 6.07) is 0.00849. The molecule has 0 aromatic carbocycles. The largest absolute Gasteiger partial charge is 0.272 e. The average Bonchev–Trinajstić information content (AvgIpc) is 2.43. The number of carbonyl (C=O) groups excluding carboxylic acids is 2. The van der Waals surface area contributed by atoms with Gasteiger partial charge in [-0.2, -0.15) is 0 Å². The summed E-state index contributed by atoms with van der Waals surface area (Å²) in [5, 5.41) is 0. The smallest absolute Gasteiger partial charge is 0.253 e. The van der Waals surface area contributed by atoms with Crippen LogP contribution in [0.15, 0.2) is 12.2 Å². The number of amides is 2. The van der Waals surface area contributed by atoms with Gasteiger partial charge in [-0.1, -0.05) is 13.2 Å². The van der Waals surface area contributed by atoms with Crippen LogP contribution < -0.4 is 0 Å². The standard InChI is InChI=1S/C9H12NO2P/c1-3-7(6-13-2)10-8(11)4-5-9(10)12/h4-5,7H,2-3,6H2,1H3. The highest BCUT2D eigenvalue weighted by atomic mass is 31.1. The molecule has 0 N–H and O–H groups in total. The summed E-state index contributed by atoms with van der Waals surface area (Å²) in [6.45, 7) is 1.97. The molecule has 1 rings (SSSR count). The van der Waals surface area contributed by atoms with Gasteiger partial charge in [0, 0.05) is 24.4 Å². The lowest BCUT2D eigenvalue weighted by molar-refractivity contribution is -0.139. The molecule has 1 aliphatic rings. The zero-order valence-corrected chi connectivity index (χ0v) is 8.46. The number of nitrogens with zero attached hydrogens (tertiary/aromatic N) is 1. The van der Waals surface area contributed by atoms with Crippen molar-refractivity contribution in [2.24, 2.45) is 0 Å². The van der Waals surface area contributed by atoms with E-state index in [4.69, 9.17) is 0 Å². The van der Waals surface area contributed by atoms with Gasteiger partial charge >= 0.3 is 0 Å². The summed E-state index contributed by atoms with van der Waals surface area (Å²) in [4.78, 5) is 23.8. The summed E-state index contributed by atoms with van der Waals surface area (Å²) in [5.74, 6) is -0.388. The van der Waals surface area contributed by atoms with E-state index in [1.165, 1.54) is 17.1 Å². The molecule has 0 radical (unpaired) electrons. The fraction of sp³-hybridized carbons (Fsp3) is 0.444. The summed E-state index contributed by atoms with van der Waals surface area (Å²) in [7, 11) is 0.964. The van der Waals surface area contributed by atoms with Crippen LogP contribution in [0, 0.1) is 0 Å². The van der Waals surface area contributed by atoms with Gasteiger partial charge < -0.3 is 0 Å². The molecule has 1 atom stereocenters. The van der Waals surface area contributed by atoms with Crippen molar-refractivity contribution >= 4 is 26.3 Å². The Morgan fingerprint density at radius 2 is 2.00 bits per heavy atom. The van der Waals surface area contributed by atoms with E-state index < -0.39 is 0 Å². The van der Waals surface area contributed by atoms with Crippen molar-refractivity contribution in [3.63, 3.8) is 0 Å². The molecule has 1 aliphatic heterocycles. The monoisotopic (exact) mass is 197 g/mol. The predicted octanol–water partition coefficient (Wildman–Crippen LogP) is 1.07. The van der Waals surface area contributed by atoms with Crippen LogP contribution in [-0.4, -0.2) is 35.2 Å². The topological polar surface area (TPSA) is 37.4 Å². The highest BCUT2D eigenvalue weighted by Crippen LogP contribution is 2.14. The first-order chi connectivity index (χ1) is 6.20. The maximum atomic E-state index is 11.3. The van der Waals surface area contributed by atoms with Crippen molar-refractivity contribution in [1.82, 2.24) is 4.90 Å². The fourth-order valence-electron chi connectivity index (χ4n) is 1.31. The SMILES string of the molecule is C=PCC(CC)N1C(=O)C=CC1=O. The van der Waals surface area contributed by atoms with Gasteiger partial charge in [0.25, 0.3) is 11.8 Å². The molecule has 0 aromatic heterocycles. The van der Waals surface area contributed by atoms with E-state index in [-0.39, 0.29) is 17.9 Å². The molecule has 2 amide bonds. The minimum absolute atomic E-state index is 0.00849. The Morgan fingerprint density at radius 1 is 1.46 bits per heavy atom. The Hall–Kier alpha value is -0.950. The Labute approximate surface area is 79.2 Å². The van der Waals surface area contributed by atoms with Crippen molar-refractivity contribution in [3.05, 3.63) is 12.2 Å². The van der Waals surface area contributed by atoms with Gasteiger partial charge in [0.1, 0.15) is 0 Å². The van der Waals surface area contributed by atoms with E-state index in [0.717, 1.165) is 20.8 Å². The van der Waals surface area contributed by atoms with Crippen molar-refractivity contribution in [3.8, 4) is 0 Å². The molecule has 0 saturated heterocycles. The van der Waals surface area contributed by atoms with Crippen LogP contribution in [0.5, 0.6) is 0 Å². The first-order valence-electron chi connectivity index (χ1n) is 4.18. The molecule has 0 fully saturated rings. The van der Waals surface area contributed by atoms with Crippen LogP contribution in [0.4, 0.5) is 0 Å². The highest BCUT2D eigenvalue weighted by molar-refractivity contribution is 7.36. The van der Waals surface area contributed by atoms with Crippen LogP contribution in [0.3, 0.4) is 0 Å². The minimum Gasteiger partial charge on any atom is -0.272 e. The van der Waals surface area contributed by atoms with E-state index in [9.17, 15) is 9.59 Å². The third-order valence-electron chi connectivity index (χ3n) is 2.02. The normalized spacial score (nSPS) is 18.7. The molecule has 3 nitrogen and oxygen atoms in total. The number of carbonyl (C=O) groups is 2. The molecule has 1 unspecified atom stereocenters. The molecule has 0 spiro atoms. The third kappa shape index (κ3) is 2.04. The molecular formula is C9H12NO2P. The predicted molar refractivity (Wildman–Crippen MR) is 54.0 cm³/mol. The summed E-state index contributed by atoms with van der Waals surface area (Å²) >= 11 is 0. The summed E-state index contributed by atoms with van der Waals surface area (Å²) in [5.41, 5.74) is 0. The lowest BCUT2D eigenvalue weighted by Crippen LogP contribution is -2.40. The van der Waals surface area contributed by atoms with Crippen molar-refractivity contribution < 1.29 is 9.59 Å². The molecule has 0 aromatic rings. The van der Waals surface area contributed by atoms with Gasteiger partial charge in [0.15, 0.2) is 0 Å². The maximum absolute atomic E-state index is 11.3. The molecule has 1 heterocycles. The van der Waals surface area contributed by atoms with Crippen molar-refractivity contribution in [2.75, 3.05) is 6.16 Å². The van der Waals surface area contributed by atoms with Gasteiger partial charge in [0.2, 0.25) is 0 Å². The summed E-state index contributed by atoms with van der Waals surface area (Å²) in [6.07, 6.45) is 7.90. The quantitative estimate of drug-likeness (QED) is 0.499. The Morgan fingerprint density at radius 3 is 2.38 bits per heavy atom. The first kappa shape index (κ1) is 10.1. The van der Waals surface area contributed by atoms with Crippen molar-refractivity contribution in [2.45, 2.75) is 19.4 Å². The number of rotatable bonds is 4. The van der Waals surface area contributed by atoms with E-state index in [1.54, 1.807) is 0 Å². The molecule has 13 heavy (non-hydrogen) atoms. The number of hydrogen-bond acceptors (Lipinski definition) is 2. The molecular weight excluding hydrogens is 185 g/mol. The number of hydrogen-bond donors (Lipinski definition) is 0. The highest BCUT2D eigenvalue weighted by Gasteiger charge is 2.29. The second-order valence-corrected chi connectivity index (χ2v) is 3.66. The van der Waals surface area contributed by atoms with Gasteiger partial charge in [-0.25, -0.2) is 0 Å². The molecule has 0 bridgehead atoms. The van der Waals surface area contributed by atoms with Crippen molar-refractivity contribution in [1.29, 1.82) is 0 Å². The van der Waals surface area contributed by atoms with Crippen LogP contribution >= 0.6 is 8.20 Å². The molecule has 0 aliphatic carbocycles. The van der Waals surface area contributed by atoms with Gasteiger partial charge in [-0.15, -0.1) is 8.20 Å². The van der Waals surface area contributed by atoms with Gasteiger partial charge in [-0.3, -0.25) is 14.5 Å². The second-order valence-electron chi connectivity index (χ2n) is 2.85. The van der Waals surface area contributed by atoms with E-state index >= 15 is 0 Å². The zero-order chi connectivity index (χ0) is 9.84. The lowest BCUT2D eigenvalue weighted by atomic mass is 10.2. The summed E-state index contributed by atoms with van der Waals surface area (Å²) < 4.78 is 0. The van der Waals surface area contributed by atoms with E-state index in [2.05, 4.69) is 6.30 Å². The maximum Gasteiger partial charge on any atom is 0.253 e. The molecule has 4 heteroatoms. The lowest BCUT2D eigenvalue weighted by Gasteiger charge is -2.23. The van der Waals surface area contributed by atoms with Gasteiger partial charge in [0.05, 0.1) is 0 Å². The van der Waals surface area contributed by atoms with E-state index in [0.29, 0.717) is 0 Å². The average molecular weight is 197 g/mol. The Balaban J connectivity index is 2.74. The van der Waals surface area contributed by atoms with Crippen LogP contribution in [0.2, 0.25) is 0 Å². The van der Waals surface area contributed by atoms with Gasteiger partial charge in [-0.05, 0) is 6.42 Å². The van der Waals surface area contributed by atoms with Crippen LogP contribution in [0.1, 0.15) is 13.3 Å². The first-order valence-corrected chi connectivity index (χ1v) is 5.45. The molecule has 0 saturated carbocycles. The van der Waals surface area contributed by atoms with Crippen LogP contribution in [0.25, 0.3) is 0 Å². The fourth-order valence-corrected chi connectivity index (χ4v) is 2.03. The second kappa shape index (κ2) is 4.33. The van der Waals surface area contributed by atoms with Crippen LogP contribution in [-0.2, 0) is 9.59 Å². The third-order valence-corrected chi connectivity index (χ3v) is 2.70.